The predicted molar refractivity (Wildman–Crippen MR) is 121 cm³/mol. The summed E-state index contributed by atoms with van der Waals surface area (Å²) >= 11 is 1.34. The first-order valence-corrected chi connectivity index (χ1v) is 11.7. The Kier molecular flexibility index (Phi) is 4.85. The lowest BCUT2D eigenvalue weighted by Crippen LogP contribution is -2.37. The van der Waals surface area contributed by atoms with Gasteiger partial charge in [-0.05, 0) is 36.6 Å². The third-order valence-electron chi connectivity index (χ3n) is 6.18. The molecule has 1 aliphatic carbocycles. The number of fused-ring (bicyclic) bond motifs is 4. The lowest BCUT2D eigenvalue weighted by Gasteiger charge is -2.30. The van der Waals surface area contributed by atoms with E-state index < -0.39 is 24.1 Å². The molecule has 7 nitrogen and oxygen atoms in total. The van der Waals surface area contributed by atoms with E-state index in [1.54, 1.807) is 15.4 Å². The van der Waals surface area contributed by atoms with Gasteiger partial charge in [0, 0.05) is 22.8 Å². The molecule has 1 amide bonds. The van der Waals surface area contributed by atoms with Crippen molar-refractivity contribution in [3.8, 4) is 5.75 Å². The molecule has 6 rings (SSSR count). The van der Waals surface area contributed by atoms with Crippen LogP contribution in [0.25, 0.3) is 16.6 Å². The van der Waals surface area contributed by atoms with E-state index in [2.05, 4.69) is 14.7 Å². The number of hydrogen-bond acceptors (Lipinski definition) is 6. The molecule has 1 fully saturated rings. The van der Waals surface area contributed by atoms with Crippen molar-refractivity contribution in [3.63, 3.8) is 0 Å². The first kappa shape index (κ1) is 22.0. The quantitative estimate of drug-likeness (QED) is 0.397. The second kappa shape index (κ2) is 7.74. The Morgan fingerprint density at radius 1 is 1.20 bits per heavy atom. The Hall–Kier alpha value is -3.54. The molecule has 2 N–H and O–H groups in total. The Balaban J connectivity index is 1.39. The van der Waals surface area contributed by atoms with E-state index in [1.807, 2.05) is 0 Å². The lowest BCUT2D eigenvalue weighted by molar-refractivity contribution is -0.274. The van der Waals surface area contributed by atoms with Crippen molar-refractivity contribution in [2.75, 3.05) is 11.5 Å². The number of amides is 1. The summed E-state index contributed by atoms with van der Waals surface area (Å²) in [6, 6.07) is 6.27. The molecular weight excluding hydrogens is 486 g/mol. The average Bonchev–Trinajstić information content (AvgIpc) is 3.33. The molecule has 0 bridgehead atoms. The zero-order valence-corrected chi connectivity index (χ0v) is 18.7. The van der Waals surface area contributed by atoms with Crippen molar-refractivity contribution in [1.82, 2.24) is 19.3 Å². The van der Waals surface area contributed by atoms with Gasteiger partial charge in [0.05, 0.1) is 35.2 Å². The molecule has 4 aromatic rings. The zero-order chi connectivity index (χ0) is 24.5. The summed E-state index contributed by atoms with van der Waals surface area (Å²) in [5, 5.41) is 0. The van der Waals surface area contributed by atoms with Gasteiger partial charge in [-0.1, -0.05) is 6.07 Å². The van der Waals surface area contributed by atoms with Crippen molar-refractivity contribution in [1.29, 1.82) is 0 Å². The van der Waals surface area contributed by atoms with Crippen LogP contribution in [0.3, 0.4) is 0 Å². The van der Waals surface area contributed by atoms with Crippen LogP contribution < -0.4 is 10.5 Å². The van der Waals surface area contributed by atoms with Crippen LogP contribution >= 0.6 is 11.8 Å². The van der Waals surface area contributed by atoms with E-state index in [0.717, 1.165) is 18.4 Å². The largest absolute Gasteiger partial charge is 0.573 e. The molecule has 35 heavy (non-hydrogen) atoms. The third kappa shape index (κ3) is 3.81. The smallest absolute Gasteiger partial charge is 0.406 e. The SMILES string of the molecule is Nc1nc2cc(F)c(C(=O)N(C3CC3)[C@@H]3CSc4cc(OC(F)(F)F)ccc43)cc2n2cncc12. The number of nitrogen functional groups attached to an aromatic ring is 1. The molecule has 12 heteroatoms. The maximum absolute atomic E-state index is 15.2. The minimum absolute atomic E-state index is 0.0712. The van der Waals surface area contributed by atoms with E-state index in [1.165, 1.54) is 48.6 Å². The predicted octanol–water partition coefficient (Wildman–Crippen LogP) is 4.95. The van der Waals surface area contributed by atoms with Gasteiger partial charge >= 0.3 is 6.36 Å². The van der Waals surface area contributed by atoms with Crippen LogP contribution in [0.5, 0.6) is 5.75 Å². The molecular formula is C23H17F4N5O2S. The van der Waals surface area contributed by atoms with Crippen molar-refractivity contribution >= 4 is 40.0 Å². The van der Waals surface area contributed by atoms with E-state index in [9.17, 15) is 18.0 Å². The number of thioether (sulfide) groups is 1. The van der Waals surface area contributed by atoms with Gasteiger partial charge in [-0.3, -0.25) is 9.20 Å². The third-order valence-corrected chi connectivity index (χ3v) is 7.33. The number of halogens is 4. The van der Waals surface area contributed by atoms with E-state index >= 15 is 4.39 Å². The number of ether oxygens (including phenoxy) is 1. The highest BCUT2D eigenvalue weighted by molar-refractivity contribution is 7.99. The van der Waals surface area contributed by atoms with Crippen LogP contribution in [0, 0.1) is 5.82 Å². The number of nitrogens with two attached hydrogens (primary N) is 1. The molecule has 0 radical (unpaired) electrons. The molecule has 2 aliphatic rings. The normalized spacial score (nSPS) is 17.7. The second-order valence-electron chi connectivity index (χ2n) is 8.48. The van der Waals surface area contributed by atoms with E-state index in [4.69, 9.17) is 5.73 Å². The molecule has 180 valence electrons. The molecule has 1 aliphatic heterocycles. The van der Waals surface area contributed by atoms with Crippen LogP contribution in [0.15, 0.2) is 47.8 Å². The highest BCUT2D eigenvalue weighted by Gasteiger charge is 2.42. The number of benzene rings is 2. The summed E-state index contributed by atoms with van der Waals surface area (Å²) in [6.45, 7) is 0. The van der Waals surface area contributed by atoms with Gasteiger partial charge in [-0.15, -0.1) is 24.9 Å². The van der Waals surface area contributed by atoms with Crippen LogP contribution in [0.2, 0.25) is 0 Å². The number of hydrogen-bond donors (Lipinski definition) is 1. The Morgan fingerprint density at radius 3 is 2.74 bits per heavy atom. The van der Waals surface area contributed by atoms with E-state index in [0.29, 0.717) is 27.2 Å². The topological polar surface area (TPSA) is 85.8 Å². The Bertz CT molecular complexity index is 1500. The first-order valence-electron chi connectivity index (χ1n) is 10.8. The van der Waals surface area contributed by atoms with Gasteiger partial charge in [0.15, 0.2) is 0 Å². The fraction of sp³-hybridized carbons (Fsp3) is 0.261. The Labute approximate surface area is 199 Å². The van der Waals surface area contributed by atoms with Gasteiger partial charge in [-0.2, -0.15) is 0 Å². The number of nitrogens with zero attached hydrogens (tertiary/aromatic N) is 4. The van der Waals surface area contributed by atoms with Crippen LogP contribution in [0.4, 0.5) is 23.4 Å². The summed E-state index contributed by atoms with van der Waals surface area (Å²) in [6.07, 6.45) is -0.189. The number of aromatic nitrogens is 3. The fourth-order valence-electron chi connectivity index (χ4n) is 4.52. The van der Waals surface area contributed by atoms with Crippen molar-refractivity contribution in [2.45, 2.75) is 36.2 Å². The summed E-state index contributed by atoms with van der Waals surface area (Å²) in [7, 11) is 0. The van der Waals surface area contributed by atoms with Gasteiger partial charge in [0.1, 0.15) is 22.9 Å². The molecule has 1 saturated carbocycles. The highest BCUT2D eigenvalue weighted by atomic mass is 32.2. The minimum Gasteiger partial charge on any atom is -0.406 e. The lowest BCUT2D eigenvalue weighted by atomic mass is 10.0. The zero-order valence-electron chi connectivity index (χ0n) is 17.9. The fourth-order valence-corrected chi connectivity index (χ4v) is 5.76. The van der Waals surface area contributed by atoms with Crippen LogP contribution in [-0.4, -0.2) is 43.3 Å². The number of imidazole rings is 1. The van der Waals surface area contributed by atoms with E-state index in [-0.39, 0.29) is 23.2 Å². The maximum atomic E-state index is 15.2. The molecule has 2 aromatic carbocycles. The van der Waals surface area contributed by atoms with Crippen molar-refractivity contribution in [3.05, 3.63) is 59.8 Å². The van der Waals surface area contributed by atoms with Crippen LogP contribution in [-0.2, 0) is 0 Å². The first-order chi connectivity index (χ1) is 16.7. The summed E-state index contributed by atoms with van der Waals surface area (Å²) in [5.74, 6) is -0.871. The van der Waals surface area contributed by atoms with Crippen LogP contribution in [0.1, 0.15) is 34.8 Å². The number of carbonyl (C=O) groups is 1. The maximum Gasteiger partial charge on any atom is 0.573 e. The molecule has 0 unspecified atom stereocenters. The summed E-state index contributed by atoms with van der Waals surface area (Å²) in [4.78, 5) is 24.3. The number of carbonyl (C=O) groups excluding carboxylic acids is 1. The number of anilines is 1. The molecule has 2 aromatic heterocycles. The molecule has 1 atom stereocenters. The summed E-state index contributed by atoms with van der Waals surface area (Å²) in [5.41, 5.74) is 7.87. The number of alkyl halides is 3. The number of rotatable bonds is 4. The Morgan fingerprint density at radius 2 is 2.00 bits per heavy atom. The van der Waals surface area contributed by atoms with Gasteiger partial charge in [0.25, 0.3) is 5.91 Å². The monoisotopic (exact) mass is 503 g/mol. The van der Waals surface area contributed by atoms with Crippen molar-refractivity contribution < 1.29 is 27.1 Å². The second-order valence-corrected chi connectivity index (χ2v) is 9.55. The molecule has 3 heterocycles. The molecule has 0 spiro atoms. The van der Waals surface area contributed by atoms with Gasteiger partial charge < -0.3 is 15.4 Å². The van der Waals surface area contributed by atoms with Crippen molar-refractivity contribution in [2.24, 2.45) is 0 Å². The minimum atomic E-state index is -4.79. The van der Waals surface area contributed by atoms with Gasteiger partial charge in [0.2, 0.25) is 0 Å². The average molecular weight is 503 g/mol. The summed E-state index contributed by atoms with van der Waals surface area (Å²) < 4.78 is 58.7. The molecule has 0 saturated heterocycles. The van der Waals surface area contributed by atoms with Gasteiger partial charge in [-0.25, -0.2) is 14.4 Å². The highest BCUT2D eigenvalue weighted by Crippen LogP contribution is 2.47. The standard InChI is InChI=1S/C23H17F4N5O2S/c24-15-7-16-17(31-10-29-8-18(31)21(28)30-16)6-14(15)22(33)32(11-1-2-11)19-9-35-20-5-12(3-4-13(19)20)34-23(25,26)27/h3-8,10-11,19H,1-2,9H2,(H2,28,30)/t19-/m1/s1.